The number of carbonyl (C=O) groups is 2. The fourth-order valence-electron chi connectivity index (χ4n) is 2.72. The number of aliphatic carboxylic acids is 1. The van der Waals surface area contributed by atoms with E-state index in [1.165, 1.54) is 0 Å². The third-order valence-corrected chi connectivity index (χ3v) is 4.34. The van der Waals surface area contributed by atoms with Gasteiger partial charge < -0.3 is 15.7 Å². The van der Waals surface area contributed by atoms with E-state index in [-0.39, 0.29) is 17.9 Å². The van der Waals surface area contributed by atoms with Crippen molar-refractivity contribution in [3.05, 3.63) is 34.3 Å². The molecule has 0 radical (unpaired) electrons. The summed E-state index contributed by atoms with van der Waals surface area (Å²) in [4.78, 5) is 22.8. The molecule has 0 bridgehead atoms. The fraction of sp³-hybridized carbons (Fsp3) is 0.467. The lowest BCUT2D eigenvalue weighted by Gasteiger charge is -2.16. The molecule has 0 aliphatic heterocycles. The van der Waals surface area contributed by atoms with Gasteiger partial charge in [0.25, 0.3) is 0 Å². The average Bonchev–Trinajstić information content (AvgIpc) is 2.91. The number of amides is 2. The van der Waals surface area contributed by atoms with Gasteiger partial charge in [-0.2, -0.15) is 0 Å². The number of halogens is 1. The van der Waals surface area contributed by atoms with E-state index in [2.05, 4.69) is 26.6 Å². The maximum absolute atomic E-state index is 11.8. The molecule has 0 heterocycles. The van der Waals surface area contributed by atoms with Gasteiger partial charge in [-0.15, -0.1) is 0 Å². The lowest BCUT2D eigenvalue weighted by atomic mass is 9.96. The number of urea groups is 1. The lowest BCUT2D eigenvalue weighted by molar-refractivity contribution is -0.142. The first-order valence-electron chi connectivity index (χ1n) is 7.05. The molecular weight excluding hydrogens is 336 g/mol. The Labute approximate surface area is 132 Å². The molecule has 1 aromatic rings. The Morgan fingerprint density at radius 1 is 1.29 bits per heavy atom. The van der Waals surface area contributed by atoms with Crippen molar-refractivity contribution in [2.24, 2.45) is 11.8 Å². The summed E-state index contributed by atoms with van der Waals surface area (Å²) in [5, 5.41) is 14.6. The van der Waals surface area contributed by atoms with Crippen molar-refractivity contribution in [1.29, 1.82) is 0 Å². The molecule has 0 spiro atoms. The number of carboxylic acid groups (broad SMARTS) is 1. The van der Waals surface area contributed by atoms with Crippen LogP contribution in [0, 0.1) is 11.8 Å². The molecule has 2 atom stereocenters. The molecule has 0 saturated heterocycles. The first-order valence-corrected chi connectivity index (χ1v) is 7.84. The summed E-state index contributed by atoms with van der Waals surface area (Å²) in [6.07, 6.45) is 2.49. The molecule has 5 nitrogen and oxygen atoms in total. The first-order chi connectivity index (χ1) is 10.1. The second kappa shape index (κ2) is 7.45. The summed E-state index contributed by atoms with van der Waals surface area (Å²) in [6, 6.07) is 7.45. The van der Waals surface area contributed by atoms with Crippen molar-refractivity contribution in [3.63, 3.8) is 0 Å². The maximum Gasteiger partial charge on any atom is 0.315 e. The van der Waals surface area contributed by atoms with Crippen LogP contribution in [0.2, 0.25) is 0 Å². The van der Waals surface area contributed by atoms with Crippen molar-refractivity contribution in [3.8, 4) is 0 Å². The number of carboxylic acids is 1. The van der Waals surface area contributed by atoms with E-state index in [1.807, 2.05) is 24.3 Å². The van der Waals surface area contributed by atoms with Gasteiger partial charge in [-0.25, -0.2) is 4.79 Å². The van der Waals surface area contributed by atoms with E-state index in [0.717, 1.165) is 22.9 Å². The molecule has 1 fully saturated rings. The van der Waals surface area contributed by atoms with Gasteiger partial charge in [0.05, 0.1) is 5.92 Å². The number of hydrogen-bond donors (Lipinski definition) is 3. The molecule has 2 amide bonds. The number of carbonyl (C=O) groups excluding carboxylic acids is 1. The van der Waals surface area contributed by atoms with Gasteiger partial charge in [0.1, 0.15) is 0 Å². The van der Waals surface area contributed by atoms with Crippen LogP contribution >= 0.6 is 15.9 Å². The highest BCUT2D eigenvalue weighted by Crippen LogP contribution is 2.31. The number of rotatable bonds is 5. The second-order valence-corrected chi connectivity index (χ2v) is 6.24. The minimum Gasteiger partial charge on any atom is -0.481 e. The summed E-state index contributed by atoms with van der Waals surface area (Å²) in [5.41, 5.74) is 1.00. The molecule has 1 saturated carbocycles. The van der Waals surface area contributed by atoms with Crippen LogP contribution < -0.4 is 10.6 Å². The summed E-state index contributed by atoms with van der Waals surface area (Å²) in [5.74, 6) is -1.04. The fourth-order valence-corrected chi connectivity index (χ4v) is 3.17. The monoisotopic (exact) mass is 354 g/mol. The minimum absolute atomic E-state index is 0.0409. The zero-order valence-electron chi connectivity index (χ0n) is 11.6. The largest absolute Gasteiger partial charge is 0.481 e. The molecule has 1 aliphatic rings. The molecule has 21 heavy (non-hydrogen) atoms. The van der Waals surface area contributed by atoms with Crippen molar-refractivity contribution in [2.45, 2.75) is 25.8 Å². The molecule has 0 aromatic heterocycles. The highest BCUT2D eigenvalue weighted by molar-refractivity contribution is 9.10. The zero-order valence-corrected chi connectivity index (χ0v) is 13.2. The van der Waals surface area contributed by atoms with Gasteiger partial charge in [0, 0.05) is 17.6 Å². The Bertz CT molecular complexity index is 521. The van der Waals surface area contributed by atoms with E-state index in [0.29, 0.717) is 19.5 Å². The van der Waals surface area contributed by atoms with E-state index >= 15 is 0 Å². The van der Waals surface area contributed by atoms with Crippen molar-refractivity contribution >= 4 is 27.9 Å². The van der Waals surface area contributed by atoms with Crippen LogP contribution in [0.1, 0.15) is 24.8 Å². The standard InChI is InChI=1S/C15H19BrN2O3/c16-12-5-1-3-10(7-12)8-17-15(21)18-9-11-4-2-6-13(11)14(19)20/h1,3,5,7,11,13H,2,4,6,8-9H2,(H,19,20)(H2,17,18,21). The predicted molar refractivity (Wildman–Crippen MR) is 82.8 cm³/mol. The molecule has 2 rings (SSSR count). The Morgan fingerprint density at radius 2 is 2.10 bits per heavy atom. The molecule has 1 aromatic carbocycles. The van der Waals surface area contributed by atoms with Gasteiger partial charge in [-0.3, -0.25) is 4.79 Å². The topological polar surface area (TPSA) is 78.4 Å². The van der Waals surface area contributed by atoms with Crippen molar-refractivity contribution in [1.82, 2.24) is 10.6 Å². The SMILES string of the molecule is O=C(NCc1cccc(Br)c1)NCC1CCCC1C(=O)O. The van der Waals surface area contributed by atoms with Crippen LogP contribution in [-0.4, -0.2) is 23.7 Å². The molecule has 6 heteroatoms. The van der Waals surface area contributed by atoms with E-state index < -0.39 is 5.97 Å². The summed E-state index contributed by atoms with van der Waals surface area (Å²) in [6.45, 7) is 0.861. The van der Waals surface area contributed by atoms with Crippen LogP contribution in [0.25, 0.3) is 0 Å². The average molecular weight is 355 g/mol. The van der Waals surface area contributed by atoms with Crippen LogP contribution in [-0.2, 0) is 11.3 Å². The van der Waals surface area contributed by atoms with Gasteiger partial charge in [-0.1, -0.05) is 34.5 Å². The number of hydrogen-bond acceptors (Lipinski definition) is 2. The van der Waals surface area contributed by atoms with Gasteiger partial charge >= 0.3 is 12.0 Å². The van der Waals surface area contributed by atoms with Crippen LogP contribution in [0.5, 0.6) is 0 Å². The van der Waals surface area contributed by atoms with Crippen LogP contribution in [0.3, 0.4) is 0 Å². The summed E-state index contributed by atoms with van der Waals surface area (Å²) >= 11 is 3.38. The molecule has 114 valence electrons. The Balaban J connectivity index is 1.74. The van der Waals surface area contributed by atoms with E-state index in [9.17, 15) is 9.59 Å². The van der Waals surface area contributed by atoms with Gasteiger partial charge in [0.15, 0.2) is 0 Å². The van der Waals surface area contributed by atoms with E-state index in [4.69, 9.17) is 5.11 Å². The minimum atomic E-state index is -0.756. The predicted octanol–water partition coefficient (Wildman–Crippen LogP) is 2.75. The summed E-state index contributed by atoms with van der Waals surface area (Å²) in [7, 11) is 0. The third kappa shape index (κ3) is 4.74. The second-order valence-electron chi connectivity index (χ2n) is 5.33. The zero-order chi connectivity index (χ0) is 15.2. The Hall–Kier alpha value is -1.56. The number of benzene rings is 1. The third-order valence-electron chi connectivity index (χ3n) is 3.84. The summed E-state index contributed by atoms with van der Waals surface area (Å²) < 4.78 is 0.970. The highest BCUT2D eigenvalue weighted by atomic mass is 79.9. The van der Waals surface area contributed by atoms with Crippen molar-refractivity contribution < 1.29 is 14.7 Å². The molecule has 1 aliphatic carbocycles. The maximum atomic E-state index is 11.8. The lowest BCUT2D eigenvalue weighted by Crippen LogP contribution is -2.39. The first kappa shape index (κ1) is 15.8. The Kier molecular flexibility index (Phi) is 5.61. The smallest absolute Gasteiger partial charge is 0.315 e. The van der Waals surface area contributed by atoms with Gasteiger partial charge in [0.2, 0.25) is 0 Å². The normalized spacial score (nSPS) is 21.0. The van der Waals surface area contributed by atoms with Gasteiger partial charge in [-0.05, 0) is 36.5 Å². The van der Waals surface area contributed by atoms with Crippen LogP contribution in [0.4, 0.5) is 4.79 Å². The molecule has 2 unspecified atom stereocenters. The molecular formula is C15H19BrN2O3. The Morgan fingerprint density at radius 3 is 2.81 bits per heavy atom. The van der Waals surface area contributed by atoms with Crippen molar-refractivity contribution in [2.75, 3.05) is 6.54 Å². The molecule has 3 N–H and O–H groups in total. The number of nitrogens with one attached hydrogen (secondary N) is 2. The van der Waals surface area contributed by atoms with Crippen LogP contribution in [0.15, 0.2) is 28.7 Å². The van der Waals surface area contributed by atoms with E-state index in [1.54, 1.807) is 0 Å². The quantitative estimate of drug-likeness (QED) is 0.760. The highest BCUT2D eigenvalue weighted by Gasteiger charge is 2.32.